The minimum absolute atomic E-state index is 0.0533. The second kappa shape index (κ2) is 7.82. The van der Waals surface area contributed by atoms with E-state index in [9.17, 15) is 9.59 Å². The Kier molecular flexibility index (Phi) is 5.12. The van der Waals surface area contributed by atoms with E-state index in [4.69, 9.17) is 9.72 Å². The number of fused-ring (bicyclic) bond motifs is 1. The van der Waals surface area contributed by atoms with Gasteiger partial charge in [-0.15, -0.1) is 11.3 Å². The summed E-state index contributed by atoms with van der Waals surface area (Å²) < 4.78 is 6.93. The van der Waals surface area contributed by atoms with Crippen LogP contribution < -0.4 is 4.90 Å². The zero-order valence-electron chi connectivity index (χ0n) is 17.9. The van der Waals surface area contributed by atoms with Gasteiger partial charge in [0.2, 0.25) is 5.91 Å². The summed E-state index contributed by atoms with van der Waals surface area (Å²) in [5.74, 6) is -0.292. The Labute approximate surface area is 185 Å². The zero-order chi connectivity index (χ0) is 21.7. The van der Waals surface area contributed by atoms with Crippen LogP contribution in [-0.2, 0) is 14.3 Å². The van der Waals surface area contributed by atoms with Crippen molar-refractivity contribution in [2.45, 2.75) is 45.4 Å². The van der Waals surface area contributed by atoms with Crippen molar-refractivity contribution < 1.29 is 14.3 Å². The van der Waals surface area contributed by atoms with E-state index in [0.717, 1.165) is 20.8 Å². The summed E-state index contributed by atoms with van der Waals surface area (Å²) in [5.41, 5.74) is 3.79. The number of ether oxygens (including phenoxy) is 1. The quantitative estimate of drug-likeness (QED) is 0.582. The molecule has 0 aliphatic carbocycles. The number of hydrogen-bond donors (Lipinski definition) is 0. The van der Waals surface area contributed by atoms with Crippen molar-refractivity contribution in [2.24, 2.45) is 0 Å². The van der Waals surface area contributed by atoms with Gasteiger partial charge >= 0.3 is 0 Å². The third-order valence-electron chi connectivity index (χ3n) is 5.93. The van der Waals surface area contributed by atoms with Crippen molar-refractivity contribution >= 4 is 39.1 Å². The predicted octanol–water partition coefficient (Wildman–Crippen LogP) is 4.01. The Morgan fingerprint density at radius 3 is 2.45 bits per heavy atom. The molecular weight excluding hydrogens is 410 g/mol. The maximum Gasteiger partial charge on any atom is 0.251 e. The Bertz CT molecular complexity index is 1150. The number of morpholine rings is 1. The topological polar surface area (TPSA) is 62.7 Å². The van der Waals surface area contributed by atoms with E-state index in [1.54, 1.807) is 11.3 Å². The first-order valence-electron chi connectivity index (χ1n) is 10.6. The first kappa shape index (κ1) is 20.3. The van der Waals surface area contributed by atoms with Crippen molar-refractivity contribution in [2.75, 3.05) is 18.0 Å². The minimum Gasteiger partial charge on any atom is -0.373 e. The van der Waals surface area contributed by atoms with Crippen LogP contribution in [0.3, 0.4) is 0 Å². The summed E-state index contributed by atoms with van der Waals surface area (Å²) in [6.07, 6.45) is 0.326. The third kappa shape index (κ3) is 3.78. The van der Waals surface area contributed by atoms with Crippen LogP contribution >= 0.6 is 11.3 Å². The maximum absolute atomic E-state index is 13.1. The number of aryl methyl sites for hydroxylation is 1. The summed E-state index contributed by atoms with van der Waals surface area (Å²) in [7, 11) is 0. The Hall–Kier alpha value is -2.61. The molecule has 3 heterocycles. The number of carbonyl (C=O) groups excluding carboxylic acids is 2. The lowest BCUT2D eigenvalue weighted by Gasteiger charge is -2.37. The van der Waals surface area contributed by atoms with Gasteiger partial charge in [0.25, 0.3) is 5.91 Å². The molecule has 3 atom stereocenters. The van der Waals surface area contributed by atoms with Crippen molar-refractivity contribution in [3.8, 4) is 10.6 Å². The van der Waals surface area contributed by atoms with Gasteiger partial charge < -0.3 is 4.74 Å². The van der Waals surface area contributed by atoms with Crippen LogP contribution in [-0.4, -0.2) is 53.0 Å². The molecule has 3 aromatic rings. The predicted molar refractivity (Wildman–Crippen MR) is 122 cm³/mol. The molecule has 0 bridgehead atoms. The average molecular weight is 436 g/mol. The lowest BCUT2D eigenvalue weighted by molar-refractivity contribution is -0.127. The van der Waals surface area contributed by atoms with Crippen molar-refractivity contribution in [1.82, 2.24) is 9.88 Å². The number of thiazole rings is 1. The molecule has 5 rings (SSSR count). The van der Waals surface area contributed by atoms with E-state index in [1.807, 2.05) is 44.2 Å². The Morgan fingerprint density at radius 2 is 1.74 bits per heavy atom. The first-order valence-corrected chi connectivity index (χ1v) is 11.4. The largest absolute Gasteiger partial charge is 0.373 e. The third-order valence-corrected chi connectivity index (χ3v) is 7.00. The van der Waals surface area contributed by atoms with E-state index in [-0.39, 0.29) is 30.4 Å². The Balaban J connectivity index is 1.37. The van der Waals surface area contributed by atoms with Gasteiger partial charge in [0.05, 0.1) is 40.6 Å². The van der Waals surface area contributed by atoms with Gasteiger partial charge in [-0.05, 0) is 62.7 Å². The van der Waals surface area contributed by atoms with Crippen LogP contribution in [0.25, 0.3) is 20.8 Å². The molecule has 7 heteroatoms. The van der Waals surface area contributed by atoms with Gasteiger partial charge in [0.15, 0.2) is 0 Å². The fraction of sp³-hybridized carbons (Fsp3) is 0.375. The second-order valence-corrected chi connectivity index (χ2v) is 9.57. The molecule has 2 aromatic carbocycles. The number of hydrogen-bond acceptors (Lipinski definition) is 6. The smallest absolute Gasteiger partial charge is 0.251 e. The SMILES string of the molecule is Cc1ccc2nc(-c3ccc(N4C(=O)C[C@@H](N5C[C@@H](C)O[C@@H](C)C5)C4=O)cc3)sc2c1. The van der Waals surface area contributed by atoms with E-state index in [0.29, 0.717) is 18.8 Å². The molecule has 0 saturated carbocycles. The maximum atomic E-state index is 13.1. The fourth-order valence-electron chi connectivity index (χ4n) is 4.55. The summed E-state index contributed by atoms with van der Waals surface area (Å²) in [4.78, 5) is 34.0. The fourth-order valence-corrected chi connectivity index (χ4v) is 5.62. The van der Waals surface area contributed by atoms with Gasteiger partial charge in [0, 0.05) is 18.7 Å². The number of rotatable bonds is 3. The second-order valence-electron chi connectivity index (χ2n) is 8.54. The molecule has 31 heavy (non-hydrogen) atoms. The highest BCUT2D eigenvalue weighted by atomic mass is 32.1. The van der Waals surface area contributed by atoms with Gasteiger partial charge in [-0.3, -0.25) is 14.5 Å². The van der Waals surface area contributed by atoms with Gasteiger partial charge in [0.1, 0.15) is 5.01 Å². The molecule has 0 unspecified atom stereocenters. The van der Waals surface area contributed by atoms with E-state index in [2.05, 4.69) is 24.0 Å². The summed E-state index contributed by atoms with van der Waals surface area (Å²) in [5, 5.41) is 0.931. The molecule has 2 fully saturated rings. The van der Waals surface area contributed by atoms with Crippen LogP contribution in [0, 0.1) is 6.92 Å². The molecule has 2 aliphatic rings. The highest BCUT2D eigenvalue weighted by Crippen LogP contribution is 2.33. The number of nitrogens with zero attached hydrogens (tertiary/aromatic N) is 3. The van der Waals surface area contributed by atoms with Crippen molar-refractivity contribution in [3.63, 3.8) is 0 Å². The summed E-state index contributed by atoms with van der Waals surface area (Å²) in [6.45, 7) is 7.41. The molecule has 1 aromatic heterocycles. The van der Waals surface area contributed by atoms with Gasteiger partial charge in [-0.1, -0.05) is 6.07 Å². The average Bonchev–Trinajstić information content (AvgIpc) is 3.27. The van der Waals surface area contributed by atoms with Crippen LogP contribution in [0.1, 0.15) is 25.8 Å². The number of benzene rings is 2. The first-order chi connectivity index (χ1) is 14.9. The molecule has 2 amide bonds. The molecule has 6 nitrogen and oxygen atoms in total. The lowest BCUT2D eigenvalue weighted by atomic mass is 10.1. The number of carbonyl (C=O) groups is 2. The number of imide groups is 1. The molecule has 0 N–H and O–H groups in total. The van der Waals surface area contributed by atoms with Gasteiger partial charge in [-0.25, -0.2) is 9.88 Å². The molecule has 0 spiro atoms. The zero-order valence-corrected chi connectivity index (χ0v) is 18.7. The van der Waals surface area contributed by atoms with Crippen molar-refractivity contribution in [3.05, 3.63) is 48.0 Å². The van der Waals surface area contributed by atoms with Crippen LogP contribution in [0.5, 0.6) is 0 Å². The Morgan fingerprint density at radius 1 is 1.03 bits per heavy atom. The number of anilines is 1. The van der Waals surface area contributed by atoms with Crippen LogP contribution in [0.15, 0.2) is 42.5 Å². The molecule has 0 radical (unpaired) electrons. The summed E-state index contributed by atoms with van der Waals surface area (Å²) in [6, 6.07) is 13.4. The lowest BCUT2D eigenvalue weighted by Crippen LogP contribution is -2.52. The van der Waals surface area contributed by atoms with Crippen LogP contribution in [0.2, 0.25) is 0 Å². The number of aromatic nitrogens is 1. The van der Waals surface area contributed by atoms with Crippen molar-refractivity contribution in [1.29, 1.82) is 0 Å². The molecule has 160 valence electrons. The monoisotopic (exact) mass is 435 g/mol. The van der Waals surface area contributed by atoms with E-state index >= 15 is 0 Å². The highest BCUT2D eigenvalue weighted by molar-refractivity contribution is 7.21. The minimum atomic E-state index is -0.409. The highest BCUT2D eigenvalue weighted by Gasteiger charge is 2.44. The molecule has 2 saturated heterocycles. The molecule has 2 aliphatic heterocycles. The standard InChI is InChI=1S/C24H25N3O3S/c1-14-4-9-19-21(10-14)31-23(25-19)17-5-7-18(8-6-17)27-22(28)11-20(24(27)29)26-12-15(2)30-16(3)13-26/h4-10,15-16,20H,11-13H2,1-3H3/t15-,16+,20-/m1/s1. The van der Waals surface area contributed by atoms with E-state index in [1.165, 1.54) is 10.5 Å². The van der Waals surface area contributed by atoms with E-state index < -0.39 is 6.04 Å². The van der Waals surface area contributed by atoms with Crippen LogP contribution in [0.4, 0.5) is 5.69 Å². The molecular formula is C24H25N3O3S. The summed E-state index contributed by atoms with van der Waals surface area (Å²) >= 11 is 1.65. The number of amides is 2. The van der Waals surface area contributed by atoms with Gasteiger partial charge in [-0.2, -0.15) is 0 Å². The normalized spacial score (nSPS) is 25.0.